The summed E-state index contributed by atoms with van der Waals surface area (Å²) in [7, 11) is 1.29. The Kier molecular flexibility index (Phi) is 6.55. The van der Waals surface area contributed by atoms with Gasteiger partial charge in [0.15, 0.2) is 10.8 Å². The van der Waals surface area contributed by atoms with Gasteiger partial charge in [-0.15, -0.1) is 23.1 Å². The first-order valence-electron chi connectivity index (χ1n) is 8.01. The molecule has 156 valence electrons. The number of carbonyl (C=O) groups is 3. The molecule has 0 aliphatic carbocycles. The van der Waals surface area contributed by atoms with Crippen LogP contribution in [0.25, 0.3) is 0 Å². The molecule has 2 unspecified atom stereocenters. The number of β-lactam (4-membered cyclic amide) rings is 1. The third kappa shape index (κ3) is 4.29. The second kappa shape index (κ2) is 8.62. The molecule has 2 aliphatic heterocycles. The summed E-state index contributed by atoms with van der Waals surface area (Å²) in [5, 5.41) is 17.5. The first kappa shape index (κ1) is 22.1. The van der Waals surface area contributed by atoms with Crippen molar-refractivity contribution < 1.29 is 24.3 Å². The first-order valence-corrected chi connectivity index (χ1v) is 11.5. The summed E-state index contributed by atoms with van der Waals surface area (Å²) in [5.41, 5.74) is 4.52. The number of halogens is 2. The molecule has 3 heterocycles. The quantitative estimate of drug-likeness (QED) is 0.263. The van der Waals surface area contributed by atoms with Crippen molar-refractivity contribution in [1.82, 2.24) is 15.2 Å². The molecule has 0 spiro atoms. The Morgan fingerprint density at radius 2 is 2.28 bits per heavy atom. The highest BCUT2D eigenvalue weighted by Crippen LogP contribution is 2.44. The van der Waals surface area contributed by atoms with Gasteiger partial charge in [-0.05, 0) is 37.9 Å². The second-order valence-corrected chi connectivity index (χ2v) is 11.0. The van der Waals surface area contributed by atoms with Crippen molar-refractivity contribution in [2.24, 2.45) is 10.6 Å². The predicted molar refractivity (Wildman–Crippen MR) is 116 cm³/mol. The molecule has 14 heteroatoms. The average Bonchev–Trinajstić information content (AvgIpc) is 3.09. The zero-order valence-corrected chi connectivity index (χ0v) is 19.6. The minimum absolute atomic E-state index is 0.00748. The summed E-state index contributed by atoms with van der Waals surface area (Å²) in [5.74, 6) is -1.79. The van der Waals surface area contributed by atoms with E-state index in [2.05, 4.69) is 47.3 Å². The highest BCUT2D eigenvalue weighted by atomic mass is 79.9. The smallest absolute Gasteiger partial charge is 0.316 e. The summed E-state index contributed by atoms with van der Waals surface area (Å²) >= 11 is 8.80. The van der Waals surface area contributed by atoms with Crippen LogP contribution in [0.2, 0.25) is 0 Å². The van der Waals surface area contributed by atoms with E-state index in [0.29, 0.717) is 3.39 Å². The minimum atomic E-state index is -1.23. The normalized spacial score (nSPS) is 26.2. The molecule has 10 nitrogen and oxygen atoms in total. The molecule has 2 saturated heterocycles. The first-order chi connectivity index (χ1) is 13.7. The van der Waals surface area contributed by atoms with Crippen LogP contribution in [-0.4, -0.2) is 69.3 Å². The van der Waals surface area contributed by atoms with Crippen LogP contribution < -0.4 is 11.1 Å². The Labute approximate surface area is 190 Å². The summed E-state index contributed by atoms with van der Waals surface area (Å²) in [4.78, 5) is 47.3. The Hall–Kier alpha value is -1.64. The van der Waals surface area contributed by atoms with E-state index >= 15 is 0 Å². The number of nitrogens with zero attached hydrogens (tertiary/aromatic N) is 3. The third-order valence-electron chi connectivity index (χ3n) is 4.37. The fourth-order valence-corrected chi connectivity index (χ4v) is 5.91. The van der Waals surface area contributed by atoms with Gasteiger partial charge < -0.3 is 25.9 Å². The van der Waals surface area contributed by atoms with Crippen LogP contribution in [0.5, 0.6) is 0 Å². The zero-order chi connectivity index (χ0) is 21.3. The molecule has 1 aromatic rings. The van der Waals surface area contributed by atoms with Gasteiger partial charge in [0.1, 0.15) is 29.6 Å². The van der Waals surface area contributed by atoms with Crippen molar-refractivity contribution in [2.45, 2.75) is 11.4 Å². The maximum atomic E-state index is 12.7. The molecule has 29 heavy (non-hydrogen) atoms. The topological polar surface area (TPSA) is 147 Å². The van der Waals surface area contributed by atoms with E-state index in [-0.39, 0.29) is 40.1 Å². The monoisotopic (exact) mass is 567 g/mol. The Morgan fingerprint density at radius 1 is 1.55 bits per heavy atom. The van der Waals surface area contributed by atoms with Crippen molar-refractivity contribution in [3.05, 3.63) is 20.5 Å². The number of hydrogen-bond donors (Lipinski definition) is 3. The number of nitrogens with two attached hydrogens (primary N) is 1. The summed E-state index contributed by atoms with van der Waals surface area (Å²) < 4.78 is 0.493. The van der Waals surface area contributed by atoms with Gasteiger partial charge in [0, 0.05) is 17.7 Å². The fraction of sp³-hybridized carbons (Fsp3) is 0.400. The van der Waals surface area contributed by atoms with Gasteiger partial charge in [-0.25, -0.2) is 4.98 Å². The number of nitrogens with one attached hydrogen (secondary N) is 1. The molecule has 1 aromatic heterocycles. The lowest BCUT2D eigenvalue weighted by molar-refractivity contribution is -0.156. The fourth-order valence-electron chi connectivity index (χ4n) is 2.98. The van der Waals surface area contributed by atoms with Gasteiger partial charge in [0.2, 0.25) is 5.91 Å². The minimum Gasteiger partial charge on any atom is -0.481 e. The predicted octanol–water partition coefficient (Wildman–Crippen LogP) is 1.18. The number of thiazole rings is 1. The van der Waals surface area contributed by atoms with Crippen molar-refractivity contribution in [3.8, 4) is 0 Å². The zero-order valence-electron chi connectivity index (χ0n) is 14.8. The van der Waals surface area contributed by atoms with Gasteiger partial charge in [0.25, 0.3) is 5.91 Å². The van der Waals surface area contributed by atoms with Crippen molar-refractivity contribution in [2.75, 3.05) is 25.1 Å². The number of aromatic nitrogens is 1. The van der Waals surface area contributed by atoms with Crippen LogP contribution >= 0.6 is 55.0 Å². The number of fused-ring (bicyclic) bond motifs is 1. The van der Waals surface area contributed by atoms with Crippen molar-refractivity contribution >= 4 is 83.6 Å². The molecular formula is C15H15Br2N5O5S2. The number of amides is 2. The van der Waals surface area contributed by atoms with Crippen LogP contribution in [-0.2, 0) is 19.2 Å². The number of aliphatic carboxylic acids is 1. The van der Waals surface area contributed by atoms with Crippen LogP contribution in [0.3, 0.4) is 0 Å². The number of carboxylic acids is 1. The maximum Gasteiger partial charge on any atom is 0.316 e. The lowest BCUT2D eigenvalue weighted by Gasteiger charge is -2.53. The average molecular weight is 569 g/mol. The number of thioether (sulfide) groups is 1. The Bertz CT molecular complexity index is 919. The van der Waals surface area contributed by atoms with Crippen LogP contribution in [0, 0.1) is 5.41 Å². The molecule has 0 bridgehead atoms. The number of nitrogen functional groups attached to an aromatic ring is 1. The van der Waals surface area contributed by atoms with Crippen LogP contribution in [0.15, 0.2) is 20.0 Å². The molecular weight excluding hydrogens is 554 g/mol. The highest BCUT2D eigenvalue weighted by molar-refractivity contribution is 9.28. The van der Waals surface area contributed by atoms with Crippen molar-refractivity contribution in [1.29, 1.82) is 0 Å². The van der Waals surface area contributed by atoms with E-state index in [0.717, 1.165) is 11.3 Å². The SMILES string of the molecule is CON=C(C(=O)NC1C(=O)N2CC(C=C(Br)Br)(C(=O)O)CS[C@H]12)c1csc(N)n1. The molecule has 0 saturated carbocycles. The maximum absolute atomic E-state index is 12.7. The van der Waals surface area contributed by atoms with Gasteiger partial charge in [0.05, 0.1) is 3.39 Å². The molecule has 2 aliphatic rings. The largest absolute Gasteiger partial charge is 0.481 e. The van der Waals surface area contributed by atoms with E-state index in [1.807, 2.05) is 0 Å². The van der Waals surface area contributed by atoms with Crippen LogP contribution in [0.4, 0.5) is 5.13 Å². The standard InChI is InChI=1S/C15H15Br2N5O5S2/c1-27-21-8(6-3-28-14(18)19-6)10(23)20-9-11(24)22-4-15(13(25)26,2-7(16)17)5-29-12(9)22/h2-3,9,12H,4-5H2,1H3,(H2,18,19)(H,20,23)(H,25,26)/t9?,12-,15?/m1/s1. The highest BCUT2D eigenvalue weighted by Gasteiger charge is 2.57. The summed E-state index contributed by atoms with van der Waals surface area (Å²) in [6.45, 7) is 0.00748. The lowest BCUT2D eigenvalue weighted by Crippen LogP contribution is -2.73. The second-order valence-electron chi connectivity index (χ2n) is 6.21. The Balaban J connectivity index is 1.73. The van der Waals surface area contributed by atoms with Crippen LogP contribution in [0.1, 0.15) is 5.69 Å². The third-order valence-corrected chi connectivity index (χ3v) is 7.05. The molecule has 3 atom stereocenters. The molecule has 3 rings (SSSR count). The van der Waals surface area contributed by atoms with Gasteiger partial charge in [-0.1, -0.05) is 5.16 Å². The number of anilines is 1. The number of oxime groups is 1. The number of carbonyl (C=O) groups excluding carboxylic acids is 2. The van der Waals surface area contributed by atoms with E-state index in [4.69, 9.17) is 10.6 Å². The number of rotatable bonds is 6. The number of carboxylic acid groups (broad SMARTS) is 1. The van der Waals surface area contributed by atoms with Crippen molar-refractivity contribution in [3.63, 3.8) is 0 Å². The molecule has 2 amide bonds. The summed E-state index contributed by atoms with van der Waals surface area (Å²) in [6, 6.07) is -0.797. The molecule has 0 aromatic carbocycles. The summed E-state index contributed by atoms with van der Waals surface area (Å²) in [6.07, 6.45) is 1.52. The van der Waals surface area contributed by atoms with E-state index in [9.17, 15) is 19.5 Å². The van der Waals surface area contributed by atoms with E-state index in [1.165, 1.54) is 29.8 Å². The van der Waals surface area contributed by atoms with Gasteiger partial charge >= 0.3 is 5.97 Å². The van der Waals surface area contributed by atoms with E-state index in [1.54, 1.807) is 5.38 Å². The van der Waals surface area contributed by atoms with E-state index < -0.39 is 23.3 Å². The van der Waals surface area contributed by atoms with Gasteiger partial charge in [-0.3, -0.25) is 14.4 Å². The Morgan fingerprint density at radius 3 is 2.83 bits per heavy atom. The number of hydrogen-bond acceptors (Lipinski definition) is 9. The lowest BCUT2D eigenvalue weighted by atomic mass is 9.87. The molecule has 0 radical (unpaired) electrons. The molecule has 2 fully saturated rings. The van der Waals surface area contributed by atoms with Gasteiger partial charge in [-0.2, -0.15) is 0 Å². The molecule has 4 N–H and O–H groups in total.